The summed E-state index contributed by atoms with van der Waals surface area (Å²) in [5.74, 6) is 0. The van der Waals surface area contributed by atoms with E-state index in [0.29, 0.717) is 26.3 Å². The van der Waals surface area contributed by atoms with Crippen LogP contribution >= 0.6 is 0 Å². The zero-order valence-electron chi connectivity index (χ0n) is 10.7. The topological polar surface area (TPSA) is 54.0 Å². The first-order valence-electron chi connectivity index (χ1n) is 5.77. The Morgan fingerprint density at radius 1 is 1.25 bits per heavy atom. The minimum Gasteiger partial charge on any atom is -0.390 e. The van der Waals surface area contributed by atoms with Gasteiger partial charge < -0.3 is 24.8 Å². The van der Waals surface area contributed by atoms with Crippen molar-refractivity contribution < 1.29 is 14.6 Å². The largest absolute Gasteiger partial charge is 0.390 e. The van der Waals surface area contributed by atoms with Gasteiger partial charge in [0, 0.05) is 26.8 Å². The molecule has 0 saturated heterocycles. The molecule has 2 N–H and O–H groups in total. The van der Waals surface area contributed by atoms with E-state index in [9.17, 15) is 5.11 Å². The summed E-state index contributed by atoms with van der Waals surface area (Å²) in [7, 11) is 5.57. The minimum absolute atomic E-state index is 0.301. The van der Waals surface area contributed by atoms with Gasteiger partial charge in [-0.25, -0.2) is 0 Å². The van der Waals surface area contributed by atoms with Gasteiger partial charge >= 0.3 is 0 Å². The average molecular weight is 234 g/mol. The van der Waals surface area contributed by atoms with Crippen LogP contribution in [0.3, 0.4) is 0 Å². The molecule has 98 valence electrons. The molecule has 0 aromatic carbocycles. The van der Waals surface area contributed by atoms with E-state index in [1.807, 2.05) is 19.0 Å². The SMILES string of the molecule is COCCOCCCNCC(O)CN(C)C. The third kappa shape index (κ3) is 11.9. The highest BCUT2D eigenvalue weighted by atomic mass is 16.5. The van der Waals surface area contributed by atoms with E-state index in [1.165, 1.54) is 0 Å². The molecule has 0 bridgehead atoms. The summed E-state index contributed by atoms with van der Waals surface area (Å²) in [6, 6.07) is 0. The lowest BCUT2D eigenvalue weighted by Crippen LogP contribution is -2.35. The van der Waals surface area contributed by atoms with E-state index in [4.69, 9.17) is 9.47 Å². The summed E-state index contributed by atoms with van der Waals surface area (Å²) in [5.41, 5.74) is 0. The Morgan fingerprint density at radius 2 is 2.00 bits per heavy atom. The van der Waals surface area contributed by atoms with E-state index in [2.05, 4.69) is 5.32 Å². The number of likely N-dealkylation sites (N-methyl/N-ethyl adjacent to an activating group) is 1. The quantitative estimate of drug-likeness (QED) is 0.474. The van der Waals surface area contributed by atoms with Crippen molar-refractivity contribution in [3.8, 4) is 0 Å². The van der Waals surface area contributed by atoms with Crippen molar-refractivity contribution in [2.24, 2.45) is 0 Å². The summed E-state index contributed by atoms with van der Waals surface area (Å²) in [6.07, 6.45) is 0.655. The molecule has 0 aliphatic rings. The molecule has 0 rings (SSSR count). The summed E-state index contributed by atoms with van der Waals surface area (Å²) >= 11 is 0. The maximum Gasteiger partial charge on any atom is 0.0791 e. The van der Waals surface area contributed by atoms with Crippen LogP contribution in [-0.2, 0) is 9.47 Å². The molecule has 0 radical (unpaired) electrons. The molecular formula is C11H26N2O3. The third-order valence-corrected chi connectivity index (χ3v) is 2.03. The van der Waals surface area contributed by atoms with Crippen LogP contribution in [0.2, 0.25) is 0 Å². The Morgan fingerprint density at radius 3 is 2.62 bits per heavy atom. The second kappa shape index (κ2) is 11.3. The van der Waals surface area contributed by atoms with E-state index in [0.717, 1.165) is 19.6 Å². The zero-order chi connectivity index (χ0) is 12.2. The molecule has 0 spiro atoms. The van der Waals surface area contributed by atoms with Crippen LogP contribution in [0.15, 0.2) is 0 Å². The lowest BCUT2D eigenvalue weighted by Gasteiger charge is -2.16. The molecule has 0 aromatic heterocycles. The first-order valence-corrected chi connectivity index (χ1v) is 5.77. The molecule has 0 aliphatic heterocycles. The molecule has 16 heavy (non-hydrogen) atoms. The second-order valence-electron chi connectivity index (χ2n) is 4.08. The number of ether oxygens (including phenoxy) is 2. The highest BCUT2D eigenvalue weighted by Gasteiger charge is 2.03. The number of hydrogen-bond acceptors (Lipinski definition) is 5. The van der Waals surface area contributed by atoms with Crippen molar-refractivity contribution in [2.75, 3.05) is 60.7 Å². The van der Waals surface area contributed by atoms with Crippen molar-refractivity contribution in [2.45, 2.75) is 12.5 Å². The second-order valence-corrected chi connectivity index (χ2v) is 4.08. The van der Waals surface area contributed by atoms with Crippen molar-refractivity contribution in [3.63, 3.8) is 0 Å². The van der Waals surface area contributed by atoms with Gasteiger partial charge in [-0.05, 0) is 27.1 Å². The molecule has 0 fully saturated rings. The van der Waals surface area contributed by atoms with Gasteiger partial charge in [-0.2, -0.15) is 0 Å². The van der Waals surface area contributed by atoms with Crippen molar-refractivity contribution in [1.29, 1.82) is 0 Å². The van der Waals surface area contributed by atoms with Crippen LogP contribution in [0.5, 0.6) is 0 Å². The highest BCUT2D eigenvalue weighted by Crippen LogP contribution is 1.85. The Balaban J connectivity index is 3.08. The Labute approximate surface area is 98.7 Å². The lowest BCUT2D eigenvalue weighted by molar-refractivity contribution is 0.0688. The van der Waals surface area contributed by atoms with Crippen LogP contribution < -0.4 is 5.32 Å². The summed E-state index contributed by atoms with van der Waals surface area (Å²) < 4.78 is 10.2. The number of methoxy groups -OCH3 is 1. The molecule has 1 unspecified atom stereocenters. The van der Waals surface area contributed by atoms with Crippen molar-refractivity contribution in [1.82, 2.24) is 10.2 Å². The van der Waals surface area contributed by atoms with Crippen LogP contribution in [0, 0.1) is 0 Å². The van der Waals surface area contributed by atoms with Crippen molar-refractivity contribution in [3.05, 3.63) is 0 Å². The molecule has 1 atom stereocenters. The van der Waals surface area contributed by atoms with Gasteiger partial charge in [0.2, 0.25) is 0 Å². The van der Waals surface area contributed by atoms with Gasteiger partial charge in [0.05, 0.1) is 19.3 Å². The molecule has 0 aliphatic carbocycles. The molecule has 5 heteroatoms. The van der Waals surface area contributed by atoms with Gasteiger partial charge in [-0.1, -0.05) is 0 Å². The third-order valence-electron chi connectivity index (χ3n) is 2.03. The number of nitrogens with zero attached hydrogens (tertiary/aromatic N) is 1. The fourth-order valence-electron chi connectivity index (χ4n) is 1.30. The summed E-state index contributed by atoms with van der Waals surface area (Å²) in [4.78, 5) is 1.97. The summed E-state index contributed by atoms with van der Waals surface area (Å²) in [5, 5.41) is 12.7. The fraction of sp³-hybridized carbons (Fsp3) is 1.00. The van der Waals surface area contributed by atoms with Gasteiger partial charge in [0.25, 0.3) is 0 Å². The first-order chi connectivity index (χ1) is 7.66. The van der Waals surface area contributed by atoms with Crippen LogP contribution in [-0.4, -0.2) is 76.8 Å². The zero-order valence-corrected chi connectivity index (χ0v) is 10.7. The van der Waals surface area contributed by atoms with E-state index < -0.39 is 0 Å². The number of rotatable bonds is 11. The molecule has 0 saturated carbocycles. The number of nitrogens with one attached hydrogen (secondary N) is 1. The van der Waals surface area contributed by atoms with Crippen LogP contribution in [0.4, 0.5) is 0 Å². The van der Waals surface area contributed by atoms with E-state index in [-0.39, 0.29) is 6.10 Å². The minimum atomic E-state index is -0.301. The lowest BCUT2D eigenvalue weighted by atomic mass is 10.3. The summed E-state index contributed by atoms with van der Waals surface area (Å²) in [6.45, 7) is 4.24. The normalized spacial score (nSPS) is 13.3. The predicted octanol–water partition coefficient (Wildman–Crippen LogP) is -0.448. The van der Waals surface area contributed by atoms with Gasteiger partial charge in [-0.15, -0.1) is 0 Å². The Bertz CT molecular complexity index is 145. The number of hydrogen-bond donors (Lipinski definition) is 2. The highest BCUT2D eigenvalue weighted by molar-refractivity contribution is 4.61. The standard InChI is InChI=1S/C11H26N2O3/c1-13(2)10-11(14)9-12-5-4-6-16-8-7-15-3/h11-12,14H,4-10H2,1-3H3. The molecular weight excluding hydrogens is 208 g/mol. The monoisotopic (exact) mass is 234 g/mol. The molecule has 0 aromatic rings. The van der Waals surface area contributed by atoms with E-state index in [1.54, 1.807) is 7.11 Å². The molecule has 0 heterocycles. The smallest absolute Gasteiger partial charge is 0.0791 e. The number of aliphatic hydroxyl groups is 1. The van der Waals surface area contributed by atoms with Gasteiger partial charge in [0.15, 0.2) is 0 Å². The molecule has 5 nitrogen and oxygen atoms in total. The predicted molar refractivity (Wildman–Crippen MR) is 64.7 cm³/mol. The maximum atomic E-state index is 9.54. The van der Waals surface area contributed by atoms with Gasteiger partial charge in [-0.3, -0.25) is 0 Å². The van der Waals surface area contributed by atoms with Crippen LogP contribution in [0.25, 0.3) is 0 Å². The number of aliphatic hydroxyl groups excluding tert-OH is 1. The van der Waals surface area contributed by atoms with Crippen molar-refractivity contribution >= 4 is 0 Å². The van der Waals surface area contributed by atoms with E-state index >= 15 is 0 Å². The first kappa shape index (κ1) is 15.8. The van der Waals surface area contributed by atoms with Crippen LogP contribution in [0.1, 0.15) is 6.42 Å². The van der Waals surface area contributed by atoms with Gasteiger partial charge in [0.1, 0.15) is 0 Å². The molecule has 0 amide bonds. The maximum absolute atomic E-state index is 9.54. The average Bonchev–Trinajstić information content (AvgIpc) is 2.21. The Kier molecular flexibility index (Phi) is 11.1. The Hall–Kier alpha value is -0.200. The fourth-order valence-corrected chi connectivity index (χ4v) is 1.30.